The molecule has 0 aliphatic carbocycles. The number of fused-ring (bicyclic) bond motifs is 1. The fraction of sp³-hybridized carbons (Fsp3) is 0.286. The lowest BCUT2D eigenvalue weighted by Gasteiger charge is -2.29. The molecule has 11 heteroatoms. The molecule has 1 aliphatic heterocycles. The van der Waals surface area contributed by atoms with Crippen LogP contribution >= 0.6 is 0 Å². The van der Waals surface area contributed by atoms with Gasteiger partial charge in [-0.05, 0) is 80.9 Å². The van der Waals surface area contributed by atoms with Crippen molar-refractivity contribution in [3.63, 3.8) is 0 Å². The van der Waals surface area contributed by atoms with Crippen LogP contribution in [0.1, 0.15) is 41.6 Å². The molecule has 0 bridgehead atoms. The number of halogens is 1. The van der Waals surface area contributed by atoms with Crippen molar-refractivity contribution < 1.29 is 23.8 Å². The molecule has 1 saturated heterocycles. The normalized spacial score (nSPS) is 13.8. The second kappa shape index (κ2) is 12.4. The number of benzene rings is 2. The number of carbonyl (C=O) groups excluding carboxylic acids is 1. The summed E-state index contributed by atoms with van der Waals surface area (Å²) in [7, 11) is 3.57. The SMILES string of the molecule is CC(=O)O.COc1ccc(Nc2ccc3c(NC(=O)c4ccc(C5CCN(C)CC5)cc4)n[nH]c3n2)cc1F. The lowest BCUT2D eigenvalue weighted by Crippen LogP contribution is -2.29. The molecule has 4 N–H and O–H groups in total. The highest BCUT2D eigenvalue weighted by molar-refractivity contribution is 6.07. The maximum absolute atomic E-state index is 14.0. The zero-order valence-electron chi connectivity index (χ0n) is 22.0. The Kier molecular flexibility index (Phi) is 8.72. The third-order valence-corrected chi connectivity index (χ3v) is 6.44. The Balaban J connectivity index is 0.000000826. The fourth-order valence-electron chi connectivity index (χ4n) is 4.39. The quantitative estimate of drug-likeness (QED) is 0.272. The van der Waals surface area contributed by atoms with E-state index >= 15 is 0 Å². The van der Waals surface area contributed by atoms with Gasteiger partial charge in [0.05, 0.1) is 12.5 Å². The lowest BCUT2D eigenvalue weighted by atomic mass is 9.89. The van der Waals surface area contributed by atoms with Crippen molar-refractivity contribution in [2.24, 2.45) is 0 Å². The number of aromatic amines is 1. The minimum absolute atomic E-state index is 0.171. The lowest BCUT2D eigenvalue weighted by molar-refractivity contribution is -0.134. The predicted molar refractivity (Wildman–Crippen MR) is 147 cm³/mol. The number of carbonyl (C=O) groups is 2. The number of ether oxygens (including phenoxy) is 1. The van der Waals surface area contributed by atoms with Crippen LogP contribution in [0.4, 0.5) is 21.7 Å². The third-order valence-electron chi connectivity index (χ3n) is 6.44. The summed E-state index contributed by atoms with van der Waals surface area (Å²) in [6.07, 6.45) is 2.27. The number of methoxy groups -OCH3 is 1. The van der Waals surface area contributed by atoms with Crippen molar-refractivity contribution >= 4 is 40.2 Å². The first kappa shape index (κ1) is 27.5. The maximum Gasteiger partial charge on any atom is 0.300 e. The van der Waals surface area contributed by atoms with E-state index in [-0.39, 0.29) is 11.7 Å². The number of likely N-dealkylation sites (tertiary alicyclic amines) is 1. The maximum atomic E-state index is 14.0. The first-order valence-corrected chi connectivity index (χ1v) is 12.5. The number of hydrogen-bond acceptors (Lipinski definition) is 7. The number of hydrogen-bond donors (Lipinski definition) is 4. The van der Waals surface area contributed by atoms with Crippen LogP contribution in [-0.4, -0.2) is 64.3 Å². The van der Waals surface area contributed by atoms with Gasteiger partial charge in [0.25, 0.3) is 11.9 Å². The molecule has 1 amide bonds. The van der Waals surface area contributed by atoms with Crippen LogP contribution in [0, 0.1) is 5.82 Å². The van der Waals surface area contributed by atoms with Crippen LogP contribution in [0.3, 0.4) is 0 Å². The van der Waals surface area contributed by atoms with E-state index in [1.807, 2.05) is 12.1 Å². The average molecular weight is 535 g/mol. The average Bonchev–Trinajstić information content (AvgIpc) is 3.31. The summed E-state index contributed by atoms with van der Waals surface area (Å²) in [5, 5.41) is 21.1. The molecule has 10 nitrogen and oxygen atoms in total. The molecule has 3 heterocycles. The standard InChI is InChI=1S/C26H27FN6O2.C2H4O2/c1-33-13-11-17(12-14-33)16-3-5-18(6-4-16)26(34)30-25-20-8-10-23(29-24(20)31-32-25)28-19-7-9-22(35-2)21(27)15-19;1-2(3)4/h3-10,15,17H,11-14H2,1-2H3,(H3,28,29,30,31,32,34);1H3,(H,3,4). The number of carboxylic acid groups (broad SMARTS) is 1. The number of aromatic nitrogens is 3. The molecule has 4 aromatic rings. The molecule has 204 valence electrons. The number of aliphatic carboxylic acids is 1. The number of amides is 1. The Morgan fingerprint density at radius 3 is 2.44 bits per heavy atom. The van der Waals surface area contributed by atoms with Crippen LogP contribution < -0.4 is 15.4 Å². The highest BCUT2D eigenvalue weighted by atomic mass is 19.1. The van der Waals surface area contributed by atoms with Crippen molar-refractivity contribution in [2.75, 3.05) is 37.9 Å². The molecular weight excluding hydrogens is 503 g/mol. The van der Waals surface area contributed by atoms with Crippen molar-refractivity contribution in [3.05, 3.63) is 71.5 Å². The van der Waals surface area contributed by atoms with E-state index in [0.717, 1.165) is 32.9 Å². The van der Waals surface area contributed by atoms with Gasteiger partial charge in [0.15, 0.2) is 23.0 Å². The largest absolute Gasteiger partial charge is 0.494 e. The summed E-state index contributed by atoms with van der Waals surface area (Å²) < 4.78 is 18.9. The van der Waals surface area contributed by atoms with Crippen LogP contribution in [0.5, 0.6) is 5.75 Å². The van der Waals surface area contributed by atoms with Crippen molar-refractivity contribution in [1.82, 2.24) is 20.1 Å². The van der Waals surface area contributed by atoms with Gasteiger partial charge in [-0.3, -0.25) is 14.7 Å². The molecule has 5 rings (SSSR count). The molecule has 1 fully saturated rings. The van der Waals surface area contributed by atoms with Crippen molar-refractivity contribution in [2.45, 2.75) is 25.7 Å². The molecule has 0 unspecified atom stereocenters. The van der Waals surface area contributed by atoms with E-state index in [0.29, 0.717) is 39.8 Å². The number of piperidine rings is 1. The van der Waals surface area contributed by atoms with Gasteiger partial charge in [0.1, 0.15) is 5.82 Å². The monoisotopic (exact) mass is 534 g/mol. The number of anilines is 3. The summed E-state index contributed by atoms with van der Waals surface area (Å²) in [5.41, 5.74) is 2.88. The van der Waals surface area contributed by atoms with Gasteiger partial charge in [0, 0.05) is 24.2 Å². The van der Waals surface area contributed by atoms with Gasteiger partial charge in [-0.2, -0.15) is 5.10 Å². The van der Waals surface area contributed by atoms with E-state index in [4.69, 9.17) is 14.6 Å². The third kappa shape index (κ3) is 7.08. The summed E-state index contributed by atoms with van der Waals surface area (Å²) in [6, 6.07) is 16.0. The van der Waals surface area contributed by atoms with E-state index in [1.165, 1.54) is 18.7 Å². The first-order valence-electron chi connectivity index (χ1n) is 12.5. The highest BCUT2D eigenvalue weighted by Gasteiger charge is 2.19. The summed E-state index contributed by atoms with van der Waals surface area (Å²) in [5.74, 6) is 0.0898. The number of nitrogens with zero attached hydrogens (tertiary/aromatic N) is 3. The van der Waals surface area contributed by atoms with Crippen LogP contribution in [-0.2, 0) is 4.79 Å². The Bertz CT molecular complexity index is 1440. The second-order valence-corrected chi connectivity index (χ2v) is 9.31. The zero-order valence-corrected chi connectivity index (χ0v) is 22.0. The van der Waals surface area contributed by atoms with Crippen LogP contribution in [0.25, 0.3) is 11.0 Å². The molecule has 0 saturated carbocycles. The highest BCUT2D eigenvalue weighted by Crippen LogP contribution is 2.28. The van der Waals surface area contributed by atoms with Gasteiger partial charge in [-0.15, -0.1) is 0 Å². The number of carboxylic acids is 1. The van der Waals surface area contributed by atoms with Gasteiger partial charge in [-0.25, -0.2) is 9.37 Å². The van der Waals surface area contributed by atoms with E-state index < -0.39 is 11.8 Å². The predicted octanol–water partition coefficient (Wildman–Crippen LogP) is 5.00. The number of nitrogens with one attached hydrogen (secondary N) is 3. The summed E-state index contributed by atoms with van der Waals surface area (Å²) >= 11 is 0. The second-order valence-electron chi connectivity index (χ2n) is 9.31. The van der Waals surface area contributed by atoms with Gasteiger partial charge in [-0.1, -0.05) is 12.1 Å². The molecule has 0 spiro atoms. The smallest absolute Gasteiger partial charge is 0.300 e. The molecule has 1 aliphatic rings. The number of H-pyrrole nitrogens is 1. The molecular formula is C28H31FN6O4. The van der Waals surface area contributed by atoms with E-state index in [9.17, 15) is 9.18 Å². The topological polar surface area (TPSA) is 132 Å². The molecule has 2 aromatic heterocycles. The Morgan fingerprint density at radius 2 is 1.79 bits per heavy atom. The van der Waals surface area contributed by atoms with E-state index in [2.05, 4.69) is 49.9 Å². The summed E-state index contributed by atoms with van der Waals surface area (Å²) in [4.78, 5) is 28.6. The fourth-order valence-corrected chi connectivity index (χ4v) is 4.39. The van der Waals surface area contributed by atoms with Gasteiger partial charge >= 0.3 is 0 Å². The van der Waals surface area contributed by atoms with Gasteiger partial charge in [0.2, 0.25) is 0 Å². The zero-order chi connectivity index (χ0) is 27.9. The molecule has 0 atom stereocenters. The van der Waals surface area contributed by atoms with Crippen molar-refractivity contribution in [3.8, 4) is 5.75 Å². The van der Waals surface area contributed by atoms with E-state index in [1.54, 1.807) is 24.3 Å². The van der Waals surface area contributed by atoms with Crippen molar-refractivity contribution in [1.29, 1.82) is 0 Å². The van der Waals surface area contributed by atoms with Crippen LogP contribution in [0.15, 0.2) is 54.6 Å². The Labute approximate surface area is 225 Å². The molecule has 0 radical (unpaired) electrons. The minimum Gasteiger partial charge on any atom is -0.494 e. The Hall–Kier alpha value is -4.51. The van der Waals surface area contributed by atoms with Gasteiger partial charge < -0.3 is 25.4 Å². The number of rotatable bonds is 6. The summed E-state index contributed by atoms with van der Waals surface area (Å²) in [6.45, 7) is 3.28. The first-order chi connectivity index (χ1) is 18.7. The number of pyridine rings is 1. The minimum atomic E-state index is -0.833. The molecule has 39 heavy (non-hydrogen) atoms. The van der Waals surface area contributed by atoms with Crippen LogP contribution in [0.2, 0.25) is 0 Å². The Morgan fingerprint density at radius 1 is 1.10 bits per heavy atom. The molecule has 2 aromatic carbocycles.